The number of hydrazone groups is 1. The zero-order valence-electron chi connectivity index (χ0n) is 21.2. The Morgan fingerprint density at radius 2 is 1.74 bits per heavy atom. The van der Waals surface area contributed by atoms with Crippen LogP contribution in [0.4, 0.5) is 0 Å². The third kappa shape index (κ3) is 5.85. The van der Waals surface area contributed by atoms with Crippen LogP contribution in [0.15, 0.2) is 96.1 Å². The second kappa shape index (κ2) is 11.5. The van der Waals surface area contributed by atoms with Crippen molar-refractivity contribution in [3.8, 4) is 22.6 Å². The van der Waals surface area contributed by atoms with Gasteiger partial charge in [-0.15, -0.1) is 0 Å². The van der Waals surface area contributed by atoms with Gasteiger partial charge in [-0.05, 0) is 89.2 Å². The number of nitrogens with one attached hydrogen (secondary N) is 2. The molecular weight excluding hydrogens is 605 g/mol. The number of aromatic amines is 1. The molecule has 1 amide bonds. The molecule has 5 rings (SSSR count). The van der Waals surface area contributed by atoms with E-state index in [-0.39, 0.29) is 11.7 Å². The molecule has 1 aromatic heterocycles. The second-order valence-electron chi connectivity index (χ2n) is 8.80. The van der Waals surface area contributed by atoms with Crippen LogP contribution in [0.3, 0.4) is 0 Å². The molecule has 7 nitrogen and oxygen atoms in total. The minimum Gasteiger partial charge on any atom is -0.493 e. The first-order valence-electron chi connectivity index (χ1n) is 12.1. The maximum Gasteiger partial charge on any atom is 0.343 e. The van der Waals surface area contributed by atoms with Gasteiger partial charge in [-0.25, -0.2) is 10.2 Å². The topological polar surface area (TPSA) is 92.8 Å². The number of carbonyl (C=O) groups excluding carboxylic acids is 2. The van der Waals surface area contributed by atoms with Gasteiger partial charge in [0.2, 0.25) is 0 Å². The predicted octanol–water partition coefficient (Wildman–Crippen LogP) is 6.74. The highest BCUT2D eigenvalue weighted by molar-refractivity contribution is 14.1. The lowest BCUT2D eigenvalue weighted by molar-refractivity contribution is 0.0729. The molecule has 0 atom stereocenters. The number of aromatic nitrogens is 1. The summed E-state index contributed by atoms with van der Waals surface area (Å²) in [4.78, 5) is 29.0. The first-order chi connectivity index (χ1) is 18.9. The lowest BCUT2D eigenvalue weighted by Crippen LogP contribution is -2.18. The van der Waals surface area contributed by atoms with Gasteiger partial charge in [0.15, 0.2) is 11.5 Å². The van der Waals surface area contributed by atoms with E-state index in [1.807, 2.05) is 61.5 Å². The van der Waals surface area contributed by atoms with Crippen molar-refractivity contribution in [3.63, 3.8) is 0 Å². The fraction of sp³-hybridized carbons (Fsp3) is 0.0645. The summed E-state index contributed by atoms with van der Waals surface area (Å²) >= 11 is 2.26. The fourth-order valence-electron chi connectivity index (χ4n) is 4.24. The minimum atomic E-state index is -0.479. The molecule has 0 aliphatic carbocycles. The minimum absolute atomic E-state index is 0.283. The highest BCUT2D eigenvalue weighted by Crippen LogP contribution is 2.33. The zero-order valence-corrected chi connectivity index (χ0v) is 23.4. The van der Waals surface area contributed by atoms with Gasteiger partial charge in [0.1, 0.15) is 5.69 Å². The number of rotatable bonds is 7. The highest BCUT2D eigenvalue weighted by Gasteiger charge is 2.19. The lowest BCUT2D eigenvalue weighted by Gasteiger charge is -2.10. The first-order valence-corrected chi connectivity index (χ1v) is 13.2. The summed E-state index contributed by atoms with van der Waals surface area (Å²) in [7, 11) is 1.49. The maximum atomic E-state index is 13.2. The van der Waals surface area contributed by atoms with E-state index in [4.69, 9.17) is 9.47 Å². The van der Waals surface area contributed by atoms with E-state index in [2.05, 4.69) is 38.1 Å². The summed E-state index contributed by atoms with van der Waals surface area (Å²) in [5, 5.41) is 5.12. The summed E-state index contributed by atoms with van der Waals surface area (Å²) < 4.78 is 12.0. The van der Waals surface area contributed by atoms with E-state index in [1.54, 1.807) is 36.4 Å². The molecule has 194 valence electrons. The molecule has 0 saturated heterocycles. The maximum absolute atomic E-state index is 13.2. The molecule has 8 heteroatoms. The van der Waals surface area contributed by atoms with Crippen LogP contribution in [0, 0.1) is 10.5 Å². The average Bonchev–Trinajstić information content (AvgIpc) is 3.33. The van der Waals surface area contributed by atoms with Gasteiger partial charge in [-0.3, -0.25) is 4.79 Å². The molecule has 0 aliphatic heterocycles. The summed E-state index contributed by atoms with van der Waals surface area (Å²) in [5.41, 5.74) is 7.71. The number of carbonyl (C=O) groups is 2. The van der Waals surface area contributed by atoms with Crippen LogP contribution in [0.2, 0.25) is 0 Å². The number of hydrogen-bond acceptors (Lipinski definition) is 5. The second-order valence-corrected chi connectivity index (χ2v) is 10.0. The summed E-state index contributed by atoms with van der Waals surface area (Å²) in [5.74, 6) is -0.201. The van der Waals surface area contributed by atoms with Crippen LogP contribution < -0.4 is 14.9 Å². The van der Waals surface area contributed by atoms with Crippen LogP contribution in [0.25, 0.3) is 22.0 Å². The lowest BCUT2D eigenvalue weighted by atomic mass is 10.0. The molecule has 0 radical (unpaired) electrons. The average molecular weight is 629 g/mol. The van der Waals surface area contributed by atoms with Crippen molar-refractivity contribution >= 4 is 51.6 Å². The first kappa shape index (κ1) is 26.2. The number of halogens is 1. The van der Waals surface area contributed by atoms with Crippen molar-refractivity contribution in [1.29, 1.82) is 0 Å². The van der Waals surface area contributed by atoms with Gasteiger partial charge in [0.05, 0.1) is 18.9 Å². The number of esters is 1. The normalized spacial score (nSPS) is 11.1. The van der Waals surface area contributed by atoms with E-state index < -0.39 is 5.97 Å². The number of aryl methyl sites for hydroxylation is 1. The van der Waals surface area contributed by atoms with Crippen molar-refractivity contribution in [3.05, 3.63) is 117 Å². The number of nitrogens with zero attached hydrogens (tertiary/aromatic N) is 1. The molecule has 2 N–H and O–H groups in total. The van der Waals surface area contributed by atoms with E-state index in [1.165, 1.54) is 13.3 Å². The fourth-order valence-corrected chi connectivity index (χ4v) is 4.73. The van der Waals surface area contributed by atoms with Crippen LogP contribution in [0.1, 0.15) is 32.0 Å². The van der Waals surface area contributed by atoms with Crippen molar-refractivity contribution in [2.45, 2.75) is 6.92 Å². The summed E-state index contributed by atoms with van der Waals surface area (Å²) in [6.07, 6.45) is 1.50. The van der Waals surface area contributed by atoms with Gasteiger partial charge in [0.25, 0.3) is 5.91 Å². The Balaban J connectivity index is 1.35. The van der Waals surface area contributed by atoms with Crippen LogP contribution in [-0.4, -0.2) is 30.2 Å². The third-order valence-corrected chi connectivity index (χ3v) is 6.74. The molecule has 0 bridgehead atoms. The Hall–Kier alpha value is -4.44. The molecule has 1 heterocycles. The zero-order chi connectivity index (χ0) is 27.4. The Morgan fingerprint density at radius 1 is 0.923 bits per heavy atom. The van der Waals surface area contributed by atoms with E-state index >= 15 is 0 Å². The molecule has 0 spiro atoms. The molecule has 0 saturated carbocycles. The quantitative estimate of drug-likeness (QED) is 0.0686. The third-order valence-electron chi connectivity index (χ3n) is 6.07. The Kier molecular flexibility index (Phi) is 7.74. The van der Waals surface area contributed by atoms with E-state index in [0.717, 1.165) is 31.2 Å². The number of amides is 1. The van der Waals surface area contributed by atoms with Gasteiger partial charge in [-0.1, -0.05) is 48.0 Å². The largest absolute Gasteiger partial charge is 0.493 e. The molecule has 0 aliphatic rings. The van der Waals surface area contributed by atoms with Crippen LogP contribution in [-0.2, 0) is 0 Å². The molecule has 5 aromatic rings. The van der Waals surface area contributed by atoms with Gasteiger partial charge in [0, 0.05) is 20.0 Å². The van der Waals surface area contributed by atoms with Crippen molar-refractivity contribution in [2.75, 3.05) is 7.11 Å². The van der Waals surface area contributed by atoms with Gasteiger partial charge < -0.3 is 14.5 Å². The summed E-state index contributed by atoms with van der Waals surface area (Å²) in [6, 6.07) is 28.0. The Morgan fingerprint density at radius 3 is 2.51 bits per heavy atom. The number of hydrogen-bond donors (Lipinski definition) is 2. The highest BCUT2D eigenvalue weighted by atomic mass is 127. The van der Waals surface area contributed by atoms with Crippen molar-refractivity contribution in [2.24, 2.45) is 5.10 Å². The van der Waals surface area contributed by atoms with E-state index in [0.29, 0.717) is 22.6 Å². The van der Waals surface area contributed by atoms with Gasteiger partial charge >= 0.3 is 5.97 Å². The standard InChI is InChI=1S/C31H24IN3O4/c1-19-7-6-10-22(15-19)31(37)39-26-14-11-20(16-27(26)38-2)18-33-35-30(36)29-28(21-8-4-3-5-9-21)24-17-23(32)12-13-25(24)34-29/h3-18,34H,1-2H3,(H,35,36). The molecule has 0 fully saturated rings. The van der Waals surface area contributed by atoms with Crippen LogP contribution >= 0.6 is 22.6 Å². The van der Waals surface area contributed by atoms with Crippen LogP contribution in [0.5, 0.6) is 11.5 Å². The smallest absolute Gasteiger partial charge is 0.343 e. The molecule has 0 unspecified atom stereocenters. The predicted molar refractivity (Wildman–Crippen MR) is 161 cm³/mol. The van der Waals surface area contributed by atoms with E-state index in [9.17, 15) is 9.59 Å². The number of fused-ring (bicyclic) bond motifs is 1. The van der Waals surface area contributed by atoms with Crippen molar-refractivity contribution < 1.29 is 19.1 Å². The monoisotopic (exact) mass is 629 g/mol. The number of benzene rings is 4. The van der Waals surface area contributed by atoms with Crippen molar-refractivity contribution in [1.82, 2.24) is 10.4 Å². The number of H-pyrrole nitrogens is 1. The molecular formula is C31H24IN3O4. The van der Waals surface area contributed by atoms with Gasteiger partial charge in [-0.2, -0.15) is 5.10 Å². The Labute approximate surface area is 239 Å². The SMILES string of the molecule is COc1cc(C=NNC(=O)c2[nH]c3ccc(I)cc3c2-c2ccccc2)ccc1OC(=O)c1cccc(C)c1. The summed E-state index contributed by atoms with van der Waals surface area (Å²) in [6.45, 7) is 1.91. The molecule has 4 aromatic carbocycles. The Bertz CT molecular complexity index is 1710. The molecule has 39 heavy (non-hydrogen) atoms. The number of methoxy groups -OCH3 is 1. The number of ether oxygens (including phenoxy) is 2.